The summed E-state index contributed by atoms with van der Waals surface area (Å²) in [5.74, 6) is -0.167. The second kappa shape index (κ2) is 4.76. The molecule has 1 aromatic heterocycles. The molecule has 3 rings (SSSR count). The highest BCUT2D eigenvalue weighted by Gasteiger charge is 2.30. The van der Waals surface area contributed by atoms with E-state index in [1.54, 1.807) is 11.3 Å². The van der Waals surface area contributed by atoms with Crippen LogP contribution in [-0.4, -0.2) is 31.8 Å². The van der Waals surface area contributed by atoms with Gasteiger partial charge in [0, 0.05) is 17.8 Å². The summed E-state index contributed by atoms with van der Waals surface area (Å²) in [6, 6.07) is 1.73. The zero-order chi connectivity index (χ0) is 11.7. The van der Waals surface area contributed by atoms with Crippen LogP contribution in [0.1, 0.15) is 22.9 Å². The number of thiophene rings is 1. The number of hydrogen-bond acceptors (Lipinski definition) is 5. The van der Waals surface area contributed by atoms with Crippen LogP contribution in [0.25, 0.3) is 0 Å². The Morgan fingerprint density at radius 2 is 2.53 bits per heavy atom. The highest BCUT2D eigenvalue weighted by molar-refractivity contribution is 7.10. The summed E-state index contributed by atoms with van der Waals surface area (Å²) in [7, 11) is 0. The fraction of sp³-hybridized carbons (Fsp3) is 0.583. The van der Waals surface area contributed by atoms with Crippen molar-refractivity contribution in [3.8, 4) is 0 Å². The van der Waals surface area contributed by atoms with Gasteiger partial charge in [-0.1, -0.05) is 0 Å². The van der Waals surface area contributed by atoms with E-state index in [9.17, 15) is 4.79 Å². The lowest BCUT2D eigenvalue weighted by Crippen LogP contribution is -2.37. The molecular weight excluding hydrogens is 238 g/mol. The van der Waals surface area contributed by atoms with Crippen LogP contribution in [-0.2, 0) is 20.7 Å². The molecular formula is C12H15NO3S. The van der Waals surface area contributed by atoms with Crippen LogP contribution in [0.2, 0.25) is 0 Å². The molecule has 0 amide bonds. The molecule has 0 radical (unpaired) electrons. The van der Waals surface area contributed by atoms with E-state index < -0.39 is 0 Å². The van der Waals surface area contributed by atoms with Crippen LogP contribution in [0.15, 0.2) is 11.4 Å². The molecule has 1 aromatic rings. The van der Waals surface area contributed by atoms with E-state index in [0.29, 0.717) is 13.2 Å². The monoisotopic (exact) mass is 253 g/mol. The number of ether oxygens (including phenoxy) is 2. The number of fused-ring (bicyclic) bond motifs is 1. The maximum atomic E-state index is 12.1. The SMILES string of the molecule is O=C(OC1CCOC1)C1NCCc2sccc21. The summed E-state index contributed by atoms with van der Waals surface area (Å²) in [6.45, 7) is 2.07. The summed E-state index contributed by atoms with van der Waals surface area (Å²) >= 11 is 1.72. The van der Waals surface area contributed by atoms with E-state index in [-0.39, 0.29) is 18.1 Å². The molecule has 0 aromatic carbocycles. The Kier molecular flexibility index (Phi) is 3.13. The molecule has 3 heterocycles. The van der Waals surface area contributed by atoms with E-state index in [1.807, 2.05) is 11.4 Å². The predicted octanol–water partition coefficient (Wildman–Crippen LogP) is 1.27. The van der Waals surface area contributed by atoms with Gasteiger partial charge in [-0.3, -0.25) is 0 Å². The van der Waals surface area contributed by atoms with Gasteiger partial charge in [-0.05, 0) is 23.4 Å². The van der Waals surface area contributed by atoms with Gasteiger partial charge in [-0.15, -0.1) is 11.3 Å². The average molecular weight is 253 g/mol. The third-order valence-corrected chi connectivity index (χ3v) is 4.19. The first-order valence-electron chi connectivity index (χ1n) is 5.92. The first-order chi connectivity index (χ1) is 8.34. The van der Waals surface area contributed by atoms with Crippen molar-refractivity contribution in [1.29, 1.82) is 0 Å². The first-order valence-corrected chi connectivity index (χ1v) is 6.80. The molecule has 2 unspecified atom stereocenters. The Morgan fingerprint density at radius 1 is 1.59 bits per heavy atom. The molecule has 1 fully saturated rings. The Labute approximate surface area is 104 Å². The zero-order valence-corrected chi connectivity index (χ0v) is 10.3. The number of hydrogen-bond donors (Lipinski definition) is 1. The largest absolute Gasteiger partial charge is 0.458 e. The lowest BCUT2D eigenvalue weighted by Gasteiger charge is -2.23. The van der Waals surface area contributed by atoms with E-state index in [1.165, 1.54) is 4.88 Å². The molecule has 1 N–H and O–H groups in total. The minimum atomic E-state index is -0.286. The number of rotatable bonds is 2. The van der Waals surface area contributed by atoms with Crippen LogP contribution in [0.4, 0.5) is 0 Å². The second-order valence-corrected chi connectivity index (χ2v) is 5.36. The highest BCUT2D eigenvalue weighted by atomic mass is 32.1. The van der Waals surface area contributed by atoms with Gasteiger partial charge in [0.1, 0.15) is 12.1 Å². The minimum Gasteiger partial charge on any atom is -0.458 e. The number of esters is 1. The first kappa shape index (κ1) is 11.2. The van der Waals surface area contributed by atoms with Crippen LogP contribution < -0.4 is 5.32 Å². The van der Waals surface area contributed by atoms with Crippen molar-refractivity contribution in [3.05, 3.63) is 21.9 Å². The Morgan fingerprint density at radius 3 is 3.35 bits per heavy atom. The van der Waals surface area contributed by atoms with E-state index in [4.69, 9.17) is 9.47 Å². The van der Waals surface area contributed by atoms with Crippen LogP contribution in [0, 0.1) is 0 Å². The number of carbonyl (C=O) groups excluding carboxylic acids is 1. The van der Waals surface area contributed by atoms with Gasteiger partial charge in [0.05, 0.1) is 13.2 Å². The van der Waals surface area contributed by atoms with Crippen LogP contribution >= 0.6 is 11.3 Å². The third kappa shape index (κ3) is 2.22. The smallest absolute Gasteiger partial charge is 0.328 e. The fourth-order valence-electron chi connectivity index (χ4n) is 2.30. The van der Waals surface area contributed by atoms with E-state index in [0.717, 1.165) is 24.9 Å². The predicted molar refractivity (Wildman–Crippen MR) is 64.1 cm³/mol. The molecule has 4 nitrogen and oxygen atoms in total. The summed E-state index contributed by atoms with van der Waals surface area (Å²) in [5.41, 5.74) is 1.09. The topological polar surface area (TPSA) is 47.6 Å². The van der Waals surface area contributed by atoms with Crippen molar-refractivity contribution in [2.45, 2.75) is 25.0 Å². The van der Waals surface area contributed by atoms with E-state index >= 15 is 0 Å². The lowest BCUT2D eigenvalue weighted by molar-refractivity contribution is -0.152. The Hall–Kier alpha value is -0.910. The maximum Gasteiger partial charge on any atom is 0.328 e. The molecule has 2 aliphatic heterocycles. The molecule has 2 aliphatic rings. The molecule has 2 atom stereocenters. The highest BCUT2D eigenvalue weighted by Crippen LogP contribution is 2.28. The summed E-state index contributed by atoms with van der Waals surface area (Å²) in [6.07, 6.45) is 1.76. The molecule has 17 heavy (non-hydrogen) atoms. The Balaban J connectivity index is 1.70. The molecule has 92 valence electrons. The van der Waals surface area contributed by atoms with Gasteiger partial charge in [0.15, 0.2) is 0 Å². The van der Waals surface area contributed by atoms with Crippen molar-refractivity contribution in [2.24, 2.45) is 0 Å². The van der Waals surface area contributed by atoms with Crippen LogP contribution in [0.5, 0.6) is 0 Å². The van der Waals surface area contributed by atoms with Crippen molar-refractivity contribution in [2.75, 3.05) is 19.8 Å². The zero-order valence-electron chi connectivity index (χ0n) is 9.48. The third-order valence-electron chi connectivity index (χ3n) is 3.20. The van der Waals surface area contributed by atoms with Crippen molar-refractivity contribution in [3.63, 3.8) is 0 Å². The molecule has 5 heteroatoms. The second-order valence-electron chi connectivity index (χ2n) is 4.36. The number of nitrogens with one attached hydrogen (secondary N) is 1. The fourth-order valence-corrected chi connectivity index (χ4v) is 3.22. The molecule has 0 bridgehead atoms. The summed E-state index contributed by atoms with van der Waals surface area (Å²) in [4.78, 5) is 13.4. The molecule has 1 saturated heterocycles. The van der Waals surface area contributed by atoms with Gasteiger partial charge in [0.25, 0.3) is 0 Å². The van der Waals surface area contributed by atoms with Crippen LogP contribution in [0.3, 0.4) is 0 Å². The summed E-state index contributed by atoms with van der Waals surface area (Å²) < 4.78 is 10.7. The molecule has 0 spiro atoms. The lowest BCUT2D eigenvalue weighted by atomic mass is 10.0. The molecule has 0 aliphatic carbocycles. The van der Waals surface area contributed by atoms with Gasteiger partial charge >= 0.3 is 5.97 Å². The van der Waals surface area contributed by atoms with Gasteiger partial charge in [-0.2, -0.15) is 0 Å². The molecule has 0 saturated carbocycles. The normalized spacial score (nSPS) is 27.8. The van der Waals surface area contributed by atoms with Gasteiger partial charge in [-0.25, -0.2) is 4.79 Å². The van der Waals surface area contributed by atoms with Crippen molar-refractivity contribution in [1.82, 2.24) is 5.32 Å². The van der Waals surface area contributed by atoms with E-state index in [2.05, 4.69) is 5.32 Å². The van der Waals surface area contributed by atoms with Crippen molar-refractivity contribution >= 4 is 17.3 Å². The quantitative estimate of drug-likeness (QED) is 0.806. The Bertz CT molecular complexity index is 412. The maximum absolute atomic E-state index is 12.1. The van der Waals surface area contributed by atoms with Crippen molar-refractivity contribution < 1.29 is 14.3 Å². The minimum absolute atomic E-state index is 0.0617. The summed E-state index contributed by atoms with van der Waals surface area (Å²) in [5, 5.41) is 5.26. The standard InChI is InChI=1S/C12H15NO3S/c14-12(16-8-2-5-15-7-8)11-9-3-6-17-10(9)1-4-13-11/h3,6,8,11,13H,1-2,4-5,7H2. The van der Waals surface area contributed by atoms with Gasteiger partial charge in [0.2, 0.25) is 0 Å². The number of carbonyl (C=O) groups is 1. The van der Waals surface area contributed by atoms with Gasteiger partial charge < -0.3 is 14.8 Å². The average Bonchev–Trinajstić information content (AvgIpc) is 2.97.